The van der Waals surface area contributed by atoms with Gasteiger partial charge in [0.2, 0.25) is 0 Å². The van der Waals surface area contributed by atoms with Crippen LogP contribution >= 0.6 is 15.9 Å². The summed E-state index contributed by atoms with van der Waals surface area (Å²) in [6.45, 7) is 2.28. The van der Waals surface area contributed by atoms with E-state index in [1.54, 1.807) is 0 Å². The molecule has 0 saturated heterocycles. The van der Waals surface area contributed by atoms with Crippen molar-refractivity contribution in [1.82, 2.24) is 10.2 Å². The zero-order valence-electron chi connectivity index (χ0n) is 14.8. The van der Waals surface area contributed by atoms with Gasteiger partial charge in [0.1, 0.15) is 0 Å². The predicted octanol–water partition coefficient (Wildman–Crippen LogP) is 3.95. The molecule has 132 valence electrons. The number of halogens is 1. The van der Waals surface area contributed by atoms with Crippen molar-refractivity contribution in [3.63, 3.8) is 0 Å². The summed E-state index contributed by atoms with van der Waals surface area (Å²) >= 11 is 2.89. The lowest BCUT2D eigenvalue weighted by Crippen LogP contribution is -2.17. The Morgan fingerprint density at radius 2 is 1.40 bits per heavy atom. The fourth-order valence-corrected chi connectivity index (χ4v) is 1.87. The highest BCUT2D eigenvalue weighted by Crippen LogP contribution is 2.01. The molecule has 0 spiro atoms. The first-order chi connectivity index (χ1) is 12.2. The number of nitrogens with one attached hydrogen (secondary N) is 1. The maximum atomic E-state index is 8.42. The summed E-state index contributed by atoms with van der Waals surface area (Å²) in [6, 6.07) is 24.4. The lowest BCUT2D eigenvalue weighted by atomic mass is 10.2. The van der Waals surface area contributed by atoms with Crippen molar-refractivity contribution < 1.29 is 0 Å². The fraction of sp³-hybridized carbons (Fsp3) is 0.300. The van der Waals surface area contributed by atoms with Gasteiger partial charge in [-0.2, -0.15) is 10.5 Å². The average Bonchev–Trinajstić information content (AvgIpc) is 2.65. The second-order valence-electron chi connectivity index (χ2n) is 5.12. The topological polar surface area (TPSA) is 62.9 Å². The van der Waals surface area contributed by atoms with Crippen LogP contribution in [0, 0.1) is 22.7 Å². The van der Waals surface area contributed by atoms with Crippen molar-refractivity contribution in [1.29, 1.82) is 10.5 Å². The zero-order valence-corrected chi connectivity index (χ0v) is 16.4. The molecular formula is C20H25BrN4. The van der Waals surface area contributed by atoms with E-state index in [4.69, 9.17) is 10.5 Å². The lowest BCUT2D eigenvalue weighted by molar-refractivity contribution is 0.367. The summed E-state index contributed by atoms with van der Waals surface area (Å²) < 4.78 is 0. The molecule has 2 aromatic rings. The number of nitriles is 2. The minimum Gasteiger partial charge on any atom is -0.316 e. The van der Waals surface area contributed by atoms with Gasteiger partial charge >= 0.3 is 0 Å². The Morgan fingerprint density at radius 3 is 1.80 bits per heavy atom. The smallest absolute Gasteiger partial charge is 0.0905 e. The summed E-state index contributed by atoms with van der Waals surface area (Å²) in [5.74, 6) is 0. The van der Waals surface area contributed by atoms with E-state index < -0.39 is 0 Å². The molecule has 0 atom stereocenters. The lowest BCUT2D eigenvalue weighted by Gasteiger charge is -2.11. The minimum absolute atomic E-state index is 0.438. The minimum atomic E-state index is 0.438. The van der Waals surface area contributed by atoms with Crippen LogP contribution in [0.3, 0.4) is 0 Å². The van der Waals surface area contributed by atoms with Gasteiger partial charge in [0.05, 0.1) is 24.0 Å². The molecule has 2 aromatic carbocycles. The molecule has 0 radical (unpaired) electrons. The molecule has 0 aliphatic carbocycles. The van der Waals surface area contributed by atoms with Gasteiger partial charge in [0, 0.05) is 13.1 Å². The van der Waals surface area contributed by atoms with Gasteiger partial charge in [0.25, 0.3) is 0 Å². The number of hydrogen-bond acceptors (Lipinski definition) is 4. The van der Waals surface area contributed by atoms with Gasteiger partial charge in [-0.15, -0.1) is 0 Å². The molecule has 5 heteroatoms. The second-order valence-corrected chi connectivity index (χ2v) is 5.68. The molecule has 0 bridgehead atoms. The van der Waals surface area contributed by atoms with Crippen molar-refractivity contribution in [2.24, 2.45) is 0 Å². The standard InChI is InChI=1S/C10H12N2.C8H11N.C2H2BrN/c1-12(8-7-11)9-10-5-3-2-4-6-10;1-9-7-8-5-3-2-4-6-8;3-1-2-4/h2-6H,8-9H2,1H3;2-6,9H,7H2,1H3;1H2. The van der Waals surface area contributed by atoms with Crippen LogP contribution in [-0.4, -0.2) is 30.9 Å². The summed E-state index contributed by atoms with van der Waals surface area (Å²) in [5, 5.41) is 19.5. The Bertz CT molecular complexity index is 618. The molecule has 0 aliphatic heterocycles. The van der Waals surface area contributed by atoms with Crippen LogP contribution in [0.1, 0.15) is 11.1 Å². The molecule has 1 N–H and O–H groups in total. The number of alkyl halides is 1. The zero-order chi connectivity index (χ0) is 18.8. The molecule has 25 heavy (non-hydrogen) atoms. The van der Waals surface area contributed by atoms with Crippen LogP contribution in [0.25, 0.3) is 0 Å². The third kappa shape index (κ3) is 13.9. The molecule has 4 nitrogen and oxygen atoms in total. The molecular weight excluding hydrogens is 376 g/mol. The molecule has 0 saturated carbocycles. The Morgan fingerprint density at radius 1 is 0.920 bits per heavy atom. The highest BCUT2D eigenvalue weighted by Gasteiger charge is 1.96. The number of hydrogen-bond donors (Lipinski definition) is 1. The summed E-state index contributed by atoms with van der Waals surface area (Å²) in [7, 11) is 3.89. The van der Waals surface area contributed by atoms with Gasteiger partial charge in [0.15, 0.2) is 0 Å². The third-order valence-corrected chi connectivity index (χ3v) is 3.17. The Hall–Kier alpha value is -2.18. The maximum Gasteiger partial charge on any atom is 0.0905 e. The fourth-order valence-electron chi connectivity index (χ4n) is 1.87. The van der Waals surface area contributed by atoms with E-state index in [1.807, 2.05) is 61.5 Å². The third-order valence-electron chi connectivity index (χ3n) is 2.92. The SMILES string of the molecule is CN(CC#N)Cc1ccccc1.CNCc1ccccc1.N#CCBr. The monoisotopic (exact) mass is 400 g/mol. The molecule has 0 unspecified atom stereocenters. The van der Waals surface area contributed by atoms with Crippen molar-refractivity contribution in [2.45, 2.75) is 13.1 Å². The van der Waals surface area contributed by atoms with E-state index in [9.17, 15) is 0 Å². The van der Waals surface area contributed by atoms with Gasteiger partial charge < -0.3 is 5.32 Å². The Labute approximate surface area is 159 Å². The molecule has 0 amide bonds. The van der Waals surface area contributed by atoms with Crippen LogP contribution in [-0.2, 0) is 13.1 Å². The van der Waals surface area contributed by atoms with Crippen LogP contribution in [0.15, 0.2) is 60.7 Å². The summed E-state index contributed by atoms with van der Waals surface area (Å²) in [5.41, 5.74) is 2.58. The van der Waals surface area contributed by atoms with Crippen LogP contribution in [0.5, 0.6) is 0 Å². The van der Waals surface area contributed by atoms with E-state index in [2.05, 4.69) is 51.6 Å². The van der Waals surface area contributed by atoms with Crippen molar-refractivity contribution in [3.05, 3.63) is 71.8 Å². The molecule has 0 aliphatic rings. The van der Waals surface area contributed by atoms with E-state index in [-0.39, 0.29) is 0 Å². The van der Waals surface area contributed by atoms with E-state index in [0.717, 1.165) is 13.1 Å². The second kappa shape index (κ2) is 16.7. The summed E-state index contributed by atoms with van der Waals surface area (Å²) in [6.07, 6.45) is 0. The Kier molecular flexibility index (Phi) is 15.2. The average molecular weight is 401 g/mol. The van der Waals surface area contributed by atoms with E-state index in [0.29, 0.717) is 11.9 Å². The quantitative estimate of drug-likeness (QED) is 0.609. The van der Waals surface area contributed by atoms with Crippen LogP contribution < -0.4 is 5.32 Å². The van der Waals surface area contributed by atoms with Crippen molar-refractivity contribution >= 4 is 15.9 Å². The van der Waals surface area contributed by atoms with E-state index >= 15 is 0 Å². The largest absolute Gasteiger partial charge is 0.316 e. The van der Waals surface area contributed by atoms with Crippen LogP contribution in [0.2, 0.25) is 0 Å². The van der Waals surface area contributed by atoms with Crippen molar-refractivity contribution in [3.8, 4) is 12.1 Å². The van der Waals surface area contributed by atoms with Gasteiger partial charge in [-0.25, -0.2) is 0 Å². The van der Waals surface area contributed by atoms with Gasteiger partial charge in [-0.3, -0.25) is 4.90 Å². The first-order valence-corrected chi connectivity index (χ1v) is 9.00. The maximum absolute atomic E-state index is 8.42. The molecule has 0 heterocycles. The Balaban J connectivity index is 0.000000391. The number of nitrogens with zero attached hydrogens (tertiary/aromatic N) is 3. The molecule has 2 rings (SSSR count). The predicted molar refractivity (Wildman–Crippen MR) is 107 cm³/mol. The first-order valence-electron chi connectivity index (χ1n) is 7.88. The molecule has 0 aromatic heterocycles. The normalized spacial score (nSPS) is 8.88. The molecule has 0 fully saturated rings. The highest BCUT2D eigenvalue weighted by atomic mass is 79.9. The first kappa shape index (κ1) is 22.8. The van der Waals surface area contributed by atoms with Crippen LogP contribution in [0.4, 0.5) is 0 Å². The number of benzene rings is 2. The number of rotatable bonds is 5. The van der Waals surface area contributed by atoms with E-state index in [1.165, 1.54) is 11.1 Å². The van der Waals surface area contributed by atoms with Gasteiger partial charge in [-0.05, 0) is 25.2 Å². The summed E-state index contributed by atoms with van der Waals surface area (Å²) in [4.78, 5) is 1.98. The van der Waals surface area contributed by atoms with Gasteiger partial charge in [-0.1, -0.05) is 76.6 Å². The highest BCUT2D eigenvalue weighted by molar-refractivity contribution is 9.09. The van der Waals surface area contributed by atoms with Crippen molar-refractivity contribution in [2.75, 3.05) is 26.0 Å².